The van der Waals surface area contributed by atoms with Gasteiger partial charge in [0.15, 0.2) is 0 Å². The number of carbonyl (C=O) groups is 4. The second kappa shape index (κ2) is 33.9. The number of pyridine rings is 1. The molecule has 0 aliphatic carbocycles. The van der Waals surface area contributed by atoms with Crippen molar-refractivity contribution in [3.05, 3.63) is 78.1 Å². The molecule has 0 fully saturated rings. The summed E-state index contributed by atoms with van der Waals surface area (Å²) in [5.74, 6) is -3.28. The molecule has 0 bridgehead atoms. The number of rotatable bonds is 20. The highest BCUT2D eigenvalue weighted by Crippen LogP contribution is 2.68. The Bertz CT molecular complexity index is 2010. The van der Waals surface area contributed by atoms with Gasteiger partial charge in [-0.2, -0.15) is 0 Å². The molecule has 2 atom stereocenters. The number of aromatic nitrogens is 3. The van der Waals surface area contributed by atoms with E-state index in [9.17, 15) is 42.5 Å². The number of hydrogen-bond acceptors (Lipinski definition) is 17. The van der Waals surface area contributed by atoms with E-state index in [1.807, 2.05) is 0 Å². The van der Waals surface area contributed by atoms with Gasteiger partial charge in [-0.05, 0) is 75.2 Å². The van der Waals surface area contributed by atoms with Crippen LogP contribution in [0.4, 0.5) is 0 Å². The van der Waals surface area contributed by atoms with Gasteiger partial charge in [-0.15, -0.1) is 0 Å². The van der Waals surface area contributed by atoms with Gasteiger partial charge in [0.25, 0.3) is 5.08 Å². The fourth-order valence-electron chi connectivity index (χ4n) is 3.72. The number of primary amides is 1. The van der Waals surface area contributed by atoms with Crippen LogP contribution >= 0.6 is 53.7 Å². The molecule has 2 aromatic heterocycles. The number of thioether (sulfide) groups is 1. The number of carboxylic acids is 3. The number of hydrogen-bond donors (Lipinski definition) is 18. The van der Waals surface area contributed by atoms with E-state index in [0.717, 1.165) is 36.6 Å². The molecule has 29 nitrogen and oxygen atoms in total. The lowest BCUT2D eigenvalue weighted by Gasteiger charge is -2.29. The normalized spacial score (nSPS) is 12.3. The maximum atomic E-state index is 11.0. The van der Waals surface area contributed by atoms with Crippen LogP contribution < -0.4 is 34.4 Å². The zero-order chi connectivity index (χ0) is 52.8. The number of aliphatic hydroxyl groups is 1. The van der Waals surface area contributed by atoms with Crippen LogP contribution in [0.1, 0.15) is 48.9 Å². The van der Waals surface area contributed by atoms with Crippen LogP contribution in [0.3, 0.4) is 0 Å². The van der Waals surface area contributed by atoms with Gasteiger partial charge in [-0.25, -0.2) is 4.98 Å². The average Bonchev–Trinajstić information content (AvgIpc) is 3.73. The van der Waals surface area contributed by atoms with Crippen molar-refractivity contribution in [1.82, 2.24) is 14.5 Å². The molecule has 24 N–H and O–H groups in total. The first-order valence-corrected chi connectivity index (χ1v) is 26.3. The fraction of sp³-hybridized carbons (Fsp3) is 0.438. The average molecular weight is 1080 g/mol. The summed E-state index contributed by atoms with van der Waals surface area (Å²) in [4.78, 5) is 118. The van der Waals surface area contributed by atoms with E-state index in [1.54, 1.807) is 18.3 Å². The summed E-state index contributed by atoms with van der Waals surface area (Å²) in [6.45, 7) is -0.0275. The number of carbonyl (C=O) groups excluding carboxylic acids is 1. The summed E-state index contributed by atoms with van der Waals surface area (Å²) in [6, 6.07) is 7.62. The zero-order valence-electron chi connectivity index (χ0n) is 35.2. The Morgan fingerprint density at radius 2 is 1.15 bits per heavy atom. The Morgan fingerprint density at radius 3 is 1.42 bits per heavy atom. The van der Waals surface area contributed by atoms with Gasteiger partial charge >= 0.3 is 48.3 Å². The summed E-state index contributed by atoms with van der Waals surface area (Å²) >= 11 is 6.04. The number of halogens is 1. The Morgan fingerprint density at radius 1 is 0.716 bits per heavy atom. The number of benzene rings is 1. The number of unbranched alkanes of at least 4 members (excludes halogenated alkanes) is 2. The number of nitrogens with two attached hydrogens (primary N) is 6. The second-order valence-electron chi connectivity index (χ2n) is 12.8. The first kappa shape index (κ1) is 67.7. The van der Waals surface area contributed by atoms with Gasteiger partial charge in [0, 0.05) is 34.7 Å². The minimum atomic E-state index is -5.41. The van der Waals surface area contributed by atoms with E-state index >= 15 is 0 Å². The summed E-state index contributed by atoms with van der Waals surface area (Å²) in [6.07, 6.45) is 10.9. The van der Waals surface area contributed by atoms with Crippen molar-refractivity contribution in [3.8, 4) is 0 Å². The summed E-state index contributed by atoms with van der Waals surface area (Å²) in [7, 11) is -20.6. The van der Waals surface area contributed by atoms with Gasteiger partial charge in [0.2, 0.25) is 10.6 Å². The van der Waals surface area contributed by atoms with Crippen molar-refractivity contribution in [2.75, 3.05) is 19.6 Å². The topological polar surface area (TPSA) is 566 Å². The van der Waals surface area contributed by atoms with Crippen molar-refractivity contribution < 1.29 is 97.0 Å². The highest BCUT2D eigenvalue weighted by Gasteiger charge is 2.59. The second-order valence-corrected chi connectivity index (χ2v) is 23.0. The van der Waals surface area contributed by atoms with Crippen LogP contribution in [0.2, 0.25) is 5.02 Å². The lowest BCUT2D eigenvalue weighted by atomic mass is 10.1. The third-order valence-electron chi connectivity index (χ3n) is 7.21. The molecule has 3 rings (SSSR count). The molecule has 67 heavy (non-hydrogen) atoms. The van der Waals surface area contributed by atoms with Crippen molar-refractivity contribution >= 4 is 77.6 Å². The quantitative estimate of drug-likeness (QED) is 0.0375. The third kappa shape index (κ3) is 32.0. The molecule has 1 unspecified atom stereocenters. The molecule has 0 aliphatic rings. The fourth-order valence-corrected chi connectivity index (χ4v) is 9.83. The van der Waals surface area contributed by atoms with Crippen LogP contribution in [0.25, 0.3) is 0 Å². The van der Waals surface area contributed by atoms with Crippen LogP contribution in [-0.4, -0.2) is 139 Å². The largest absolute Gasteiger partial charge is 0.480 e. The molecule has 0 saturated heterocycles. The molecule has 0 spiro atoms. The molecule has 1 amide bonds. The Kier molecular flexibility index (Phi) is 34.2. The van der Waals surface area contributed by atoms with Gasteiger partial charge in [0.05, 0.1) is 25.0 Å². The Labute approximate surface area is 391 Å². The monoisotopic (exact) mass is 1080 g/mol. The molecule has 0 radical (unpaired) electrons. The summed E-state index contributed by atoms with van der Waals surface area (Å²) in [5, 5.41) is 30.7. The Balaban J connectivity index is -0.000000761. The highest BCUT2D eigenvalue weighted by atomic mass is 35.5. The van der Waals surface area contributed by atoms with Gasteiger partial charge in [-0.3, -0.25) is 42.4 Å². The molecular formula is C32H58ClN9O20P4S. The van der Waals surface area contributed by atoms with E-state index in [4.69, 9.17) is 94.7 Å². The van der Waals surface area contributed by atoms with E-state index in [1.165, 1.54) is 42.9 Å². The van der Waals surface area contributed by atoms with Crippen LogP contribution in [0, 0.1) is 0 Å². The van der Waals surface area contributed by atoms with Crippen molar-refractivity contribution in [1.29, 1.82) is 0 Å². The van der Waals surface area contributed by atoms with Crippen molar-refractivity contribution in [2.45, 2.75) is 71.9 Å². The zero-order valence-corrected chi connectivity index (χ0v) is 40.3. The maximum absolute atomic E-state index is 11.0. The predicted molar refractivity (Wildman–Crippen MR) is 243 cm³/mol. The number of aliphatic carboxylic acids is 3. The molecule has 35 heteroatoms. The minimum Gasteiger partial charge on any atom is -0.480 e. The molecule has 2 heterocycles. The van der Waals surface area contributed by atoms with Crippen LogP contribution in [0.5, 0.6) is 0 Å². The van der Waals surface area contributed by atoms with Crippen molar-refractivity contribution in [3.63, 3.8) is 0 Å². The van der Waals surface area contributed by atoms with E-state index in [-0.39, 0.29) is 6.54 Å². The lowest BCUT2D eigenvalue weighted by molar-refractivity contribution is -0.139. The minimum absolute atomic E-state index is 0.278. The van der Waals surface area contributed by atoms with E-state index in [2.05, 4.69) is 15.7 Å². The number of carboxylic acid groups (broad SMARTS) is 3. The lowest BCUT2D eigenvalue weighted by Crippen LogP contribution is -2.33. The van der Waals surface area contributed by atoms with Crippen LogP contribution in [0.15, 0.2) is 72.4 Å². The molecule has 1 aromatic carbocycles. The summed E-state index contributed by atoms with van der Waals surface area (Å²) < 4.78 is 42.8. The van der Waals surface area contributed by atoms with E-state index in [0.29, 0.717) is 53.2 Å². The standard InChI is InChI=1S/C7H9ClO6P2S.2C6H14N2O2.C6H6N2O.C5H10N2O7P2.C2H5NO2/c8-5-1-3-6(4-2-5)17-7(15(9,10)11)16(12,13)14;2*7-4-2-1-3-5(8)6(9)10;7-6(9)5-2-1-3-8-4-5;8-5(15(9,10)11,16(12,13)14)3-7-2-1-6-4-7;3-1-2(4)5/h1-4,7H,(H2,9,10,11)(H2,12,13,14);2*5H,1-4,7-8H2,(H,9,10);1-4H,(H2,7,9);1-2,4,8H,3H2,(H2,9,10,11)(H2,12,13,14);1,3H2,(H,4,5)/t;5-;;;;/m.0..../s1. The van der Waals surface area contributed by atoms with Gasteiger partial charge in [0.1, 0.15) is 12.1 Å². The maximum Gasteiger partial charge on any atom is 0.371 e. The molecule has 0 saturated carbocycles. The Hall–Kier alpha value is -3.54. The molecule has 384 valence electrons. The molecular weight excluding hydrogens is 1020 g/mol. The number of nitrogens with zero attached hydrogens (tertiary/aromatic N) is 3. The third-order valence-corrected chi connectivity index (χ3v) is 17.2. The smallest absolute Gasteiger partial charge is 0.371 e. The van der Waals surface area contributed by atoms with E-state index < -0.39 is 82.6 Å². The number of imidazole rings is 1. The first-order valence-electron chi connectivity index (χ1n) is 18.4. The predicted octanol–water partition coefficient (Wildman–Crippen LogP) is -0.780. The van der Waals surface area contributed by atoms with Gasteiger partial charge in [-0.1, -0.05) is 36.2 Å². The SMILES string of the molecule is NC(=O)c1cccnc1.NCC(=O)O.NCCCCC(N)C(=O)O.NCCCC[C@H](N)C(=O)O.O=P(O)(O)C(O)(Cn1ccnc1)P(=O)(O)O.O=P(O)(O)C(Sc1ccc(Cl)cc1)P(=O)(O)O. The van der Waals surface area contributed by atoms with Crippen molar-refractivity contribution in [2.24, 2.45) is 34.4 Å². The first-order chi connectivity index (χ1) is 30.6. The molecule has 3 aromatic rings. The number of amides is 1. The van der Waals surface area contributed by atoms with Gasteiger partial charge < -0.3 is 98.5 Å². The molecule has 0 aliphatic heterocycles. The van der Waals surface area contributed by atoms with Crippen LogP contribution in [-0.2, 0) is 39.2 Å². The summed E-state index contributed by atoms with van der Waals surface area (Å²) in [5.41, 5.74) is 30.8. The highest BCUT2D eigenvalue weighted by molar-refractivity contribution is 8.12.